The van der Waals surface area contributed by atoms with Gasteiger partial charge in [-0.3, -0.25) is 4.99 Å². The lowest BCUT2D eigenvalue weighted by Gasteiger charge is -2.38. The lowest BCUT2D eigenvalue weighted by Crippen LogP contribution is -2.34. The van der Waals surface area contributed by atoms with E-state index in [2.05, 4.69) is 40.4 Å². The third-order valence-corrected chi connectivity index (χ3v) is 6.52. The lowest BCUT2D eigenvalue weighted by molar-refractivity contribution is 0.134. The highest BCUT2D eigenvalue weighted by atomic mass is 79.9. The molecule has 1 aliphatic heterocycles. The Morgan fingerprint density at radius 1 is 1.52 bits per heavy atom. The summed E-state index contributed by atoms with van der Waals surface area (Å²) in [6.07, 6.45) is 2.71. The van der Waals surface area contributed by atoms with Gasteiger partial charge in [0.05, 0.1) is 5.54 Å². The molecule has 1 N–H and O–H groups in total. The van der Waals surface area contributed by atoms with E-state index in [1.807, 2.05) is 31.5 Å². The predicted octanol–water partition coefficient (Wildman–Crippen LogP) is 4.85. The molecule has 2 unspecified atom stereocenters. The zero-order valence-corrected chi connectivity index (χ0v) is 17.6. The number of hydrogen-bond acceptors (Lipinski definition) is 5. The summed E-state index contributed by atoms with van der Waals surface area (Å²) in [6.45, 7) is 2.08. The lowest BCUT2D eigenvalue weighted by atomic mass is 9.83. The first-order valence-corrected chi connectivity index (χ1v) is 10.8. The number of fused-ring (bicyclic) bond motifs is 1. The summed E-state index contributed by atoms with van der Waals surface area (Å²) in [5, 5.41) is 12.4. The maximum Gasteiger partial charge on any atom is 0.161 e. The first-order chi connectivity index (χ1) is 12.0. The molecule has 4 nitrogen and oxygen atoms in total. The SMILES string of the molecule is CS/C(=N/C1(C)CC(c2cccs2)Oc2ccc(Br)cc21)N(C)CO. The van der Waals surface area contributed by atoms with Gasteiger partial charge in [-0.25, -0.2) is 0 Å². The fraction of sp³-hybridized carbons (Fsp3) is 0.389. The predicted molar refractivity (Wildman–Crippen MR) is 110 cm³/mol. The Morgan fingerprint density at radius 2 is 2.32 bits per heavy atom. The molecule has 2 aromatic rings. The van der Waals surface area contributed by atoms with Gasteiger partial charge in [-0.05, 0) is 42.8 Å². The molecule has 2 atom stereocenters. The molecule has 0 aliphatic carbocycles. The van der Waals surface area contributed by atoms with E-state index >= 15 is 0 Å². The van der Waals surface area contributed by atoms with Gasteiger partial charge >= 0.3 is 0 Å². The fourth-order valence-corrected chi connectivity index (χ4v) is 4.77. The Balaban J connectivity index is 2.09. The van der Waals surface area contributed by atoms with Gasteiger partial charge in [-0.1, -0.05) is 33.8 Å². The van der Waals surface area contributed by atoms with E-state index in [1.165, 1.54) is 16.6 Å². The summed E-state index contributed by atoms with van der Waals surface area (Å²) >= 11 is 6.81. The number of halogens is 1. The van der Waals surface area contributed by atoms with Crippen molar-refractivity contribution in [2.24, 2.45) is 4.99 Å². The van der Waals surface area contributed by atoms with Crippen LogP contribution in [-0.2, 0) is 5.54 Å². The Kier molecular flexibility index (Phi) is 5.78. The van der Waals surface area contributed by atoms with Gasteiger partial charge in [0.1, 0.15) is 18.6 Å². The van der Waals surface area contributed by atoms with Gasteiger partial charge in [0.15, 0.2) is 5.17 Å². The average molecular weight is 441 g/mol. The minimum atomic E-state index is -0.437. The topological polar surface area (TPSA) is 45.1 Å². The number of ether oxygens (including phenoxy) is 1. The van der Waals surface area contributed by atoms with Crippen LogP contribution in [0.3, 0.4) is 0 Å². The number of amidine groups is 1. The number of nitrogens with zero attached hydrogens (tertiary/aromatic N) is 2. The minimum Gasteiger partial charge on any atom is -0.484 e. The number of hydrogen-bond donors (Lipinski definition) is 1. The molecular weight excluding hydrogens is 420 g/mol. The molecule has 7 heteroatoms. The molecule has 0 fully saturated rings. The molecule has 1 aromatic carbocycles. The van der Waals surface area contributed by atoms with E-state index in [0.29, 0.717) is 0 Å². The number of aliphatic hydroxyl groups excluding tert-OH is 1. The zero-order chi connectivity index (χ0) is 18.0. The van der Waals surface area contributed by atoms with Crippen molar-refractivity contribution in [2.75, 3.05) is 20.0 Å². The van der Waals surface area contributed by atoms with Crippen LogP contribution in [0.4, 0.5) is 0 Å². The number of rotatable bonds is 3. The largest absolute Gasteiger partial charge is 0.484 e. The van der Waals surface area contributed by atoms with Gasteiger partial charge in [-0.2, -0.15) is 0 Å². The van der Waals surface area contributed by atoms with Gasteiger partial charge in [0, 0.05) is 28.4 Å². The van der Waals surface area contributed by atoms with Crippen LogP contribution in [0.25, 0.3) is 0 Å². The molecule has 0 radical (unpaired) electrons. The molecule has 0 amide bonds. The number of benzene rings is 1. The van der Waals surface area contributed by atoms with Crippen molar-refractivity contribution in [1.82, 2.24) is 4.90 Å². The molecule has 1 aliphatic rings. The van der Waals surface area contributed by atoms with Crippen LogP contribution in [0.15, 0.2) is 45.2 Å². The summed E-state index contributed by atoms with van der Waals surface area (Å²) < 4.78 is 7.29. The Labute approximate surface area is 165 Å². The van der Waals surface area contributed by atoms with Crippen LogP contribution in [0, 0.1) is 0 Å². The van der Waals surface area contributed by atoms with E-state index in [4.69, 9.17) is 9.73 Å². The quantitative estimate of drug-likeness (QED) is 0.420. The van der Waals surface area contributed by atoms with E-state index in [-0.39, 0.29) is 12.8 Å². The highest BCUT2D eigenvalue weighted by molar-refractivity contribution is 9.10. The highest BCUT2D eigenvalue weighted by Gasteiger charge is 2.39. The second-order valence-electron chi connectivity index (χ2n) is 6.18. The van der Waals surface area contributed by atoms with E-state index in [9.17, 15) is 5.11 Å². The summed E-state index contributed by atoms with van der Waals surface area (Å²) in [6, 6.07) is 10.2. The van der Waals surface area contributed by atoms with E-state index < -0.39 is 5.54 Å². The Bertz CT molecular complexity index is 766. The summed E-state index contributed by atoms with van der Waals surface area (Å²) in [5.41, 5.74) is 0.626. The highest BCUT2D eigenvalue weighted by Crippen LogP contribution is 2.48. The number of thiophene rings is 1. The third kappa shape index (κ3) is 3.89. The first-order valence-electron chi connectivity index (χ1n) is 7.93. The van der Waals surface area contributed by atoms with Crippen molar-refractivity contribution >= 4 is 44.2 Å². The molecule has 25 heavy (non-hydrogen) atoms. The minimum absolute atomic E-state index is 0.0232. The second-order valence-corrected chi connectivity index (χ2v) is 8.85. The van der Waals surface area contributed by atoms with E-state index in [1.54, 1.807) is 16.2 Å². The molecule has 2 heterocycles. The van der Waals surface area contributed by atoms with Gasteiger partial charge in [0.25, 0.3) is 0 Å². The van der Waals surface area contributed by atoms with Crippen LogP contribution in [0.2, 0.25) is 0 Å². The van der Waals surface area contributed by atoms with Gasteiger partial charge in [-0.15, -0.1) is 11.3 Å². The molecule has 0 saturated carbocycles. The smallest absolute Gasteiger partial charge is 0.161 e. The number of aliphatic imine (C=N–C) groups is 1. The molecule has 3 rings (SSSR count). The molecule has 1 aromatic heterocycles. The number of thioether (sulfide) groups is 1. The second kappa shape index (κ2) is 7.70. The normalized spacial score (nSPS) is 23.1. The maximum atomic E-state index is 9.49. The standard InChI is InChI=1S/C18H21BrN2O2S2/c1-18(20-17(24-3)21(2)11-22)10-15(16-5-4-8-25-16)23-14-7-6-12(19)9-13(14)18/h4-9,15,22H,10-11H2,1-3H3/b20-17+. The average Bonchev–Trinajstić information content (AvgIpc) is 3.14. The van der Waals surface area contributed by atoms with Crippen molar-refractivity contribution in [3.05, 3.63) is 50.6 Å². The first kappa shape index (κ1) is 18.8. The van der Waals surface area contributed by atoms with Crippen LogP contribution >= 0.6 is 39.0 Å². The van der Waals surface area contributed by atoms with Gasteiger partial charge in [0.2, 0.25) is 0 Å². The third-order valence-electron chi connectivity index (χ3n) is 4.30. The molecule has 0 saturated heterocycles. The van der Waals surface area contributed by atoms with Crippen LogP contribution in [0.5, 0.6) is 5.75 Å². The van der Waals surface area contributed by atoms with Crippen molar-refractivity contribution < 1.29 is 9.84 Å². The molecular formula is C18H21BrN2O2S2. The molecule has 0 spiro atoms. The molecule has 0 bridgehead atoms. The number of aliphatic hydroxyl groups is 1. The monoisotopic (exact) mass is 440 g/mol. The van der Waals surface area contributed by atoms with Crippen molar-refractivity contribution in [3.63, 3.8) is 0 Å². The van der Waals surface area contributed by atoms with Gasteiger partial charge < -0.3 is 14.7 Å². The van der Waals surface area contributed by atoms with Crippen molar-refractivity contribution in [1.29, 1.82) is 0 Å². The van der Waals surface area contributed by atoms with Crippen molar-refractivity contribution in [3.8, 4) is 5.75 Å². The summed E-state index contributed by atoms with van der Waals surface area (Å²) in [7, 11) is 1.84. The van der Waals surface area contributed by atoms with Crippen LogP contribution in [0.1, 0.15) is 29.9 Å². The zero-order valence-electron chi connectivity index (χ0n) is 14.4. The van der Waals surface area contributed by atoms with Crippen LogP contribution < -0.4 is 4.74 Å². The van der Waals surface area contributed by atoms with E-state index in [0.717, 1.165) is 27.4 Å². The van der Waals surface area contributed by atoms with Crippen molar-refractivity contribution in [2.45, 2.75) is 25.0 Å². The summed E-state index contributed by atoms with van der Waals surface area (Å²) in [5.74, 6) is 0.867. The Hall–Kier alpha value is -1.02. The summed E-state index contributed by atoms with van der Waals surface area (Å²) in [4.78, 5) is 8.01. The van der Waals surface area contributed by atoms with Crippen LogP contribution in [-0.4, -0.2) is 35.2 Å². The fourth-order valence-electron chi connectivity index (χ4n) is 2.99. The maximum absolute atomic E-state index is 9.49. The molecule has 134 valence electrons. The Morgan fingerprint density at radius 3 is 2.96 bits per heavy atom.